The molecule has 0 bridgehead atoms. The number of aryl methyl sites for hydroxylation is 1. The summed E-state index contributed by atoms with van der Waals surface area (Å²) in [6.45, 7) is 6.20. The van der Waals surface area contributed by atoms with Crippen LogP contribution in [0.15, 0.2) is 46.2 Å². The molecule has 1 aliphatic carbocycles. The van der Waals surface area contributed by atoms with E-state index in [0.29, 0.717) is 34.8 Å². The zero-order valence-electron chi connectivity index (χ0n) is 18.8. The number of hydrogen-bond acceptors (Lipinski definition) is 8. The number of fused-ring (bicyclic) bond motifs is 2. The van der Waals surface area contributed by atoms with Crippen LogP contribution in [0, 0.1) is 11.8 Å². The smallest absolute Gasteiger partial charge is 0.280 e. The number of aromatic nitrogens is 6. The minimum Gasteiger partial charge on any atom is -0.491 e. The average molecular weight is 447 g/mol. The summed E-state index contributed by atoms with van der Waals surface area (Å²) in [6, 6.07) is 8.30. The third-order valence-electron chi connectivity index (χ3n) is 6.56. The number of ether oxygens (including phenoxy) is 1. The van der Waals surface area contributed by atoms with Crippen molar-refractivity contribution in [1.29, 1.82) is 0 Å². The van der Waals surface area contributed by atoms with Gasteiger partial charge in [-0.2, -0.15) is 4.98 Å². The van der Waals surface area contributed by atoms with Crippen molar-refractivity contribution >= 4 is 16.9 Å². The molecule has 10 heteroatoms. The van der Waals surface area contributed by atoms with Crippen molar-refractivity contribution in [3.63, 3.8) is 0 Å². The lowest BCUT2D eigenvalue weighted by Gasteiger charge is -2.22. The van der Waals surface area contributed by atoms with Crippen molar-refractivity contribution in [2.75, 3.05) is 18.0 Å². The van der Waals surface area contributed by atoms with E-state index in [2.05, 4.69) is 37.1 Å². The van der Waals surface area contributed by atoms with E-state index < -0.39 is 0 Å². The summed E-state index contributed by atoms with van der Waals surface area (Å²) < 4.78 is 14.4. The van der Waals surface area contributed by atoms with Gasteiger partial charge in [0, 0.05) is 31.7 Å². The van der Waals surface area contributed by atoms with E-state index in [-0.39, 0.29) is 18.2 Å². The highest BCUT2D eigenvalue weighted by Gasteiger charge is 2.58. The Morgan fingerprint density at radius 1 is 1.12 bits per heavy atom. The molecule has 0 N–H and O–H groups in total. The number of anilines is 1. The Balaban J connectivity index is 1.11. The van der Waals surface area contributed by atoms with Gasteiger partial charge >= 0.3 is 0 Å². The van der Waals surface area contributed by atoms with Crippen molar-refractivity contribution in [2.45, 2.75) is 32.4 Å². The number of nitrogens with zero attached hydrogens (tertiary/aromatic N) is 7. The van der Waals surface area contributed by atoms with Gasteiger partial charge in [0.2, 0.25) is 5.89 Å². The first kappa shape index (κ1) is 20.0. The van der Waals surface area contributed by atoms with E-state index in [1.165, 1.54) is 16.6 Å². The Morgan fingerprint density at radius 2 is 1.85 bits per heavy atom. The minimum absolute atomic E-state index is 0.170. The van der Waals surface area contributed by atoms with Crippen LogP contribution in [0.1, 0.15) is 31.5 Å². The monoisotopic (exact) mass is 447 g/mol. The summed E-state index contributed by atoms with van der Waals surface area (Å²) in [6.07, 6.45) is 3.23. The molecule has 0 spiro atoms. The first-order valence-electron chi connectivity index (χ1n) is 11.2. The van der Waals surface area contributed by atoms with Gasteiger partial charge < -0.3 is 18.7 Å². The van der Waals surface area contributed by atoms with Gasteiger partial charge in [-0.05, 0) is 49.9 Å². The molecule has 10 nitrogen and oxygen atoms in total. The van der Waals surface area contributed by atoms with Gasteiger partial charge in [-0.3, -0.25) is 9.36 Å². The molecule has 4 heterocycles. The molecule has 0 radical (unpaired) electrons. The van der Waals surface area contributed by atoms with Crippen LogP contribution < -0.4 is 15.2 Å². The maximum absolute atomic E-state index is 12.7. The van der Waals surface area contributed by atoms with Crippen molar-refractivity contribution in [3.8, 4) is 5.75 Å². The lowest BCUT2D eigenvalue weighted by Crippen LogP contribution is -2.23. The van der Waals surface area contributed by atoms with Crippen LogP contribution in [0.25, 0.3) is 11.2 Å². The zero-order valence-corrected chi connectivity index (χ0v) is 18.8. The number of piperidine rings is 1. The van der Waals surface area contributed by atoms with Crippen molar-refractivity contribution in [2.24, 2.45) is 18.9 Å². The fourth-order valence-corrected chi connectivity index (χ4v) is 4.93. The van der Waals surface area contributed by atoms with Gasteiger partial charge in [-0.15, -0.1) is 0 Å². The molecule has 2 atom stereocenters. The Kier molecular flexibility index (Phi) is 4.49. The molecule has 6 rings (SSSR count). The van der Waals surface area contributed by atoms with Crippen LogP contribution in [0.4, 0.5) is 5.69 Å². The van der Waals surface area contributed by atoms with Crippen LogP contribution in [-0.2, 0) is 13.6 Å². The first-order valence-corrected chi connectivity index (χ1v) is 11.2. The van der Waals surface area contributed by atoms with E-state index >= 15 is 0 Å². The summed E-state index contributed by atoms with van der Waals surface area (Å²) in [5.41, 5.74) is 1.92. The van der Waals surface area contributed by atoms with Crippen LogP contribution in [0.3, 0.4) is 0 Å². The number of rotatable bonds is 6. The lowest BCUT2D eigenvalue weighted by atomic mass is 10.2. The van der Waals surface area contributed by atoms with Crippen LogP contribution in [0.2, 0.25) is 0 Å². The van der Waals surface area contributed by atoms with E-state index in [4.69, 9.17) is 9.26 Å². The molecular formula is C23H25N7O3. The molecule has 1 saturated carbocycles. The van der Waals surface area contributed by atoms with E-state index in [1.807, 2.05) is 26.0 Å². The van der Waals surface area contributed by atoms with Crippen molar-refractivity contribution in [1.82, 2.24) is 29.2 Å². The maximum Gasteiger partial charge on any atom is 0.280 e. The SMILES string of the molecule is CC(C)Oc1ccc(N2CC3C(C2)C3c2noc(Cn3cnc4ncn(C)c4c3=O)n2)cc1. The van der Waals surface area contributed by atoms with Crippen LogP contribution in [0.5, 0.6) is 5.75 Å². The van der Waals surface area contributed by atoms with Gasteiger partial charge in [0.15, 0.2) is 17.0 Å². The molecule has 1 saturated heterocycles. The topological polar surface area (TPSA) is 104 Å². The number of benzene rings is 1. The minimum atomic E-state index is -0.177. The van der Waals surface area contributed by atoms with E-state index in [9.17, 15) is 4.79 Å². The molecule has 2 fully saturated rings. The highest BCUT2D eigenvalue weighted by Crippen LogP contribution is 2.57. The zero-order chi connectivity index (χ0) is 22.7. The normalized spacial score (nSPS) is 21.7. The Bertz CT molecular complexity index is 1360. The summed E-state index contributed by atoms with van der Waals surface area (Å²) in [5.74, 6) is 3.42. The molecule has 170 valence electrons. The largest absolute Gasteiger partial charge is 0.491 e. The fraction of sp³-hybridized carbons (Fsp3) is 0.435. The standard InChI is InChI=1S/C23H25N7O3/c1-13(2)32-15-6-4-14(5-7-15)29-8-16-17(9-29)19(16)21-26-18(33-27-21)10-30-12-25-22-20(23(30)31)28(3)11-24-22/h4-7,11-13,16-17,19H,8-10H2,1-3H3. The highest BCUT2D eigenvalue weighted by atomic mass is 16.5. The van der Waals surface area contributed by atoms with Gasteiger partial charge in [0.25, 0.3) is 5.56 Å². The predicted molar refractivity (Wildman–Crippen MR) is 120 cm³/mol. The Hall–Kier alpha value is -3.69. The first-order chi connectivity index (χ1) is 16.0. The summed E-state index contributed by atoms with van der Waals surface area (Å²) in [5, 5.41) is 4.22. The molecule has 4 aromatic rings. The molecule has 3 aromatic heterocycles. The molecule has 2 aliphatic rings. The summed E-state index contributed by atoms with van der Waals surface area (Å²) in [7, 11) is 1.77. The van der Waals surface area contributed by atoms with Gasteiger partial charge in [-0.25, -0.2) is 9.97 Å². The lowest BCUT2D eigenvalue weighted by molar-refractivity contribution is 0.242. The average Bonchev–Trinajstić information content (AvgIpc) is 3.20. The quantitative estimate of drug-likeness (QED) is 0.443. The molecule has 1 aliphatic heterocycles. The molecule has 2 unspecified atom stereocenters. The second-order valence-corrected chi connectivity index (χ2v) is 9.17. The summed E-state index contributed by atoms with van der Waals surface area (Å²) in [4.78, 5) is 28.1. The molecule has 1 aromatic carbocycles. The second-order valence-electron chi connectivity index (χ2n) is 9.17. The fourth-order valence-electron chi connectivity index (χ4n) is 4.93. The Labute approximate surface area is 189 Å². The van der Waals surface area contributed by atoms with Crippen LogP contribution in [-0.4, -0.2) is 48.4 Å². The van der Waals surface area contributed by atoms with Gasteiger partial charge in [0.1, 0.15) is 18.6 Å². The van der Waals surface area contributed by atoms with Crippen molar-refractivity contribution in [3.05, 3.63) is 59.0 Å². The molecular weight excluding hydrogens is 422 g/mol. The van der Waals surface area contributed by atoms with E-state index in [0.717, 1.165) is 24.7 Å². The molecule has 0 amide bonds. The number of imidazole rings is 1. The van der Waals surface area contributed by atoms with Crippen LogP contribution >= 0.6 is 0 Å². The van der Waals surface area contributed by atoms with Gasteiger partial charge in [0.05, 0.1) is 12.4 Å². The third kappa shape index (κ3) is 3.46. The van der Waals surface area contributed by atoms with Crippen molar-refractivity contribution < 1.29 is 9.26 Å². The predicted octanol–water partition coefficient (Wildman–Crippen LogP) is 2.20. The van der Waals surface area contributed by atoms with Gasteiger partial charge in [-0.1, -0.05) is 5.16 Å². The maximum atomic E-state index is 12.7. The third-order valence-corrected chi connectivity index (χ3v) is 6.56. The molecule has 33 heavy (non-hydrogen) atoms. The van der Waals surface area contributed by atoms with E-state index in [1.54, 1.807) is 17.9 Å². The second kappa shape index (κ2) is 7.43. The summed E-state index contributed by atoms with van der Waals surface area (Å²) >= 11 is 0. The number of hydrogen-bond donors (Lipinski definition) is 0. The highest BCUT2D eigenvalue weighted by molar-refractivity contribution is 5.68. The Morgan fingerprint density at radius 3 is 2.58 bits per heavy atom.